The van der Waals surface area contributed by atoms with E-state index in [1.807, 2.05) is 6.07 Å². The van der Waals surface area contributed by atoms with E-state index in [9.17, 15) is 14.7 Å². The molecule has 0 spiro atoms. The van der Waals surface area contributed by atoms with Crippen molar-refractivity contribution in [3.63, 3.8) is 0 Å². The van der Waals surface area contributed by atoms with Gasteiger partial charge in [-0.15, -0.1) is 0 Å². The molecule has 8 heteroatoms. The highest BCUT2D eigenvalue weighted by molar-refractivity contribution is 6.30. The van der Waals surface area contributed by atoms with E-state index in [0.717, 1.165) is 11.1 Å². The Morgan fingerprint density at radius 2 is 1.88 bits per heavy atom. The molecule has 1 aromatic heterocycles. The Morgan fingerprint density at radius 3 is 2.54 bits per heavy atom. The second-order valence-corrected chi connectivity index (χ2v) is 6.42. The zero-order valence-corrected chi connectivity index (χ0v) is 14.7. The highest BCUT2D eigenvalue weighted by Crippen LogP contribution is 2.20. The summed E-state index contributed by atoms with van der Waals surface area (Å²) < 4.78 is 6.15. The van der Waals surface area contributed by atoms with Crippen LogP contribution in [-0.4, -0.2) is 16.0 Å². The van der Waals surface area contributed by atoms with E-state index in [2.05, 4.69) is 5.32 Å². The fourth-order valence-electron chi connectivity index (χ4n) is 2.51. The van der Waals surface area contributed by atoms with E-state index in [1.165, 1.54) is 4.68 Å². The van der Waals surface area contributed by atoms with Crippen molar-refractivity contribution in [2.45, 2.75) is 19.1 Å². The van der Waals surface area contributed by atoms with Crippen molar-refractivity contribution in [1.82, 2.24) is 4.85 Å². The average Bonchev–Trinajstić information content (AvgIpc) is 2.97. The lowest BCUT2D eigenvalue weighted by atomic mass is 9.96. The van der Waals surface area contributed by atoms with E-state index in [0.29, 0.717) is 16.3 Å². The number of anilines is 1. The minimum Gasteiger partial charge on any atom is -0.379 e. The molecule has 1 unspecified atom stereocenters. The molecule has 2 aromatic carbocycles. The Balaban J connectivity index is 1.85. The summed E-state index contributed by atoms with van der Waals surface area (Å²) in [5.41, 5.74) is -0.895. The number of hydrogen-bond donors (Lipinski definition) is 2. The van der Waals surface area contributed by atoms with Gasteiger partial charge in [0.05, 0.1) is 4.85 Å². The maximum atomic E-state index is 12.4. The molecule has 7 nitrogen and oxygen atoms in total. The molecule has 1 amide bonds. The van der Waals surface area contributed by atoms with E-state index in [-0.39, 0.29) is 6.54 Å². The zero-order valence-electron chi connectivity index (χ0n) is 13.9. The first-order valence-corrected chi connectivity index (χ1v) is 8.21. The summed E-state index contributed by atoms with van der Waals surface area (Å²) in [4.78, 5) is 24.9. The molecule has 1 atom stereocenters. The number of carbonyl (C=O) groups is 1. The lowest BCUT2D eigenvalue weighted by Crippen LogP contribution is -2.53. The topological polar surface area (TPSA) is 88.3 Å². The maximum absolute atomic E-state index is 12.4. The Bertz CT molecular complexity index is 962. The maximum Gasteiger partial charge on any atom is 0.427 e. The molecule has 2 N–H and O–H groups in total. The zero-order chi connectivity index (χ0) is 18.7. The van der Waals surface area contributed by atoms with Gasteiger partial charge in [0.15, 0.2) is 0 Å². The summed E-state index contributed by atoms with van der Waals surface area (Å²) in [5, 5.41) is 13.9. The van der Waals surface area contributed by atoms with Crippen LogP contribution in [0.5, 0.6) is 0 Å². The first-order valence-electron chi connectivity index (χ1n) is 7.83. The fraction of sp³-hybridized carbons (Fsp3) is 0.167. The molecule has 0 radical (unpaired) electrons. The van der Waals surface area contributed by atoms with Gasteiger partial charge in [-0.3, -0.25) is 4.52 Å². The van der Waals surface area contributed by atoms with Gasteiger partial charge in [-0.2, -0.15) is 0 Å². The molecule has 0 saturated carbocycles. The van der Waals surface area contributed by atoms with Crippen LogP contribution in [0.3, 0.4) is 0 Å². The van der Waals surface area contributed by atoms with E-state index in [1.54, 1.807) is 55.5 Å². The van der Waals surface area contributed by atoms with Crippen molar-refractivity contribution in [2.24, 2.45) is 0 Å². The third-order valence-corrected chi connectivity index (χ3v) is 4.05. The summed E-state index contributed by atoms with van der Waals surface area (Å²) in [6.07, 6.45) is 1.11. The number of aromatic nitrogens is 2. The third kappa shape index (κ3) is 4.01. The molecule has 134 valence electrons. The largest absolute Gasteiger partial charge is 0.427 e. The minimum atomic E-state index is -1.31. The highest BCUT2D eigenvalue weighted by Gasteiger charge is 2.33. The van der Waals surface area contributed by atoms with Crippen LogP contribution in [-0.2, 0) is 12.1 Å². The fourth-order valence-corrected chi connectivity index (χ4v) is 2.64. The molecule has 0 aliphatic heterocycles. The molecule has 3 aromatic rings. The molecular formula is C18H17ClN3O4+. The Labute approximate surface area is 154 Å². The summed E-state index contributed by atoms with van der Waals surface area (Å²) in [6.45, 7) is 1.53. The highest BCUT2D eigenvalue weighted by atomic mass is 35.5. The predicted octanol–water partition coefficient (Wildman–Crippen LogP) is 2.37. The molecule has 0 aliphatic rings. The van der Waals surface area contributed by atoms with Gasteiger partial charge in [-0.25, -0.2) is 9.59 Å². The smallest absolute Gasteiger partial charge is 0.379 e. The van der Waals surface area contributed by atoms with Crippen LogP contribution in [0.4, 0.5) is 10.5 Å². The molecule has 26 heavy (non-hydrogen) atoms. The standard InChI is InChI=1S/C18H16ClN3O4/c1-18(25,13-5-3-2-4-6-13)12-21-11-16(23)26-22(21)17(24)20-15-9-7-14(19)8-10-15/h2-11,25H,12H2,1H3/p+1. The van der Waals surface area contributed by atoms with Gasteiger partial charge in [0.1, 0.15) is 5.60 Å². The van der Waals surface area contributed by atoms with Crippen LogP contribution < -0.4 is 15.6 Å². The van der Waals surface area contributed by atoms with Crippen LogP contribution in [0.15, 0.2) is 70.1 Å². The molecular weight excluding hydrogens is 358 g/mol. The quantitative estimate of drug-likeness (QED) is 0.686. The summed E-state index contributed by atoms with van der Waals surface area (Å²) in [5.74, 6) is 0. The number of halogens is 1. The number of rotatable bonds is 4. The van der Waals surface area contributed by atoms with Gasteiger partial charge in [0, 0.05) is 10.7 Å². The minimum absolute atomic E-state index is 0.0587. The number of hydrogen-bond acceptors (Lipinski definition) is 4. The summed E-state index contributed by atoms with van der Waals surface area (Å²) in [7, 11) is 0. The van der Waals surface area contributed by atoms with E-state index in [4.69, 9.17) is 16.1 Å². The molecule has 0 bridgehead atoms. The number of benzene rings is 2. The van der Waals surface area contributed by atoms with E-state index >= 15 is 0 Å². The second kappa shape index (κ2) is 7.15. The van der Waals surface area contributed by atoms with Gasteiger partial charge in [-0.1, -0.05) is 46.6 Å². The van der Waals surface area contributed by atoms with Gasteiger partial charge in [0.2, 0.25) is 6.54 Å². The van der Waals surface area contributed by atoms with Gasteiger partial charge >= 0.3 is 11.7 Å². The molecule has 3 rings (SSSR count). The summed E-state index contributed by atoms with van der Waals surface area (Å²) >= 11 is 5.81. The van der Waals surface area contributed by atoms with Crippen LogP contribution >= 0.6 is 11.6 Å². The summed E-state index contributed by atoms with van der Waals surface area (Å²) in [6, 6.07) is 14.7. The van der Waals surface area contributed by atoms with Crippen LogP contribution in [0.2, 0.25) is 5.02 Å². The number of amides is 1. The molecule has 0 saturated heterocycles. The van der Waals surface area contributed by atoms with Crippen molar-refractivity contribution in [2.75, 3.05) is 5.32 Å². The van der Waals surface area contributed by atoms with Crippen molar-refractivity contribution < 1.29 is 19.1 Å². The van der Waals surface area contributed by atoms with E-state index < -0.39 is 17.3 Å². The Morgan fingerprint density at radius 1 is 1.23 bits per heavy atom. The Kier molecular flexibility index (Phi) is 4.92. The molecule has 0 aliphatic carbocycles. The second-order valence-electron chi connectivity index (χ2n) is 5.99. The van der Waals surface area contributed by atoms with Crippen molar-refractivity contribution in [3.8, 4) is 0 Å². The Hall–Kier alpha value is -2.90. The SMILES string of the molecule is CC(O)(C[n+]1cc(=O)on1C(=O)Nc1ccc(Cl)cc1)c1ccccc1. The monoisotopic (exact) mass is 374 g/mol. The van der Waals surface area contributed by atoms with Crippen LogP contribution in [0.25, 0.3) is 0 Å². The lowest BCUT2D eigenvalue weighted by molar-refractivity contribution is -0.789. The first kappa shape index (κ1) is 17.9. The number of aliphatic hydroxyl groups is 1. The number of carbonyl (C=O) groups excluding carboxylic acids is 1. The predicted molar refractivity (Wildman–Crippen MR) is 95.0 cm³/mol. The normalized spacial score (nSPS) is 13.2. The van der Waals surface area contributed by atoms with Crippen LogP contribution in [0.1, 0.15) is 12.5 Å². The lowest BCUT2D eigenvalue weighted by Gasteiger charge is -2.19. The van der Waals surface area contributed by atoms with Crippen molar-refractivity contribution in [3.05, 3.63) is 81.8 Å². The third-order valence-electron chi connectivity index (χ3n) is 3.80. The number of nitrogens with zero attached hydrogens (tertiary/aromatic N) is 2. The molecule has 0 fully saturated rings. The average molecular weight is 375 g/mol. The van der Waals surface area contributed by atoms with Gasteiger partial charge in [-0.05, 0) is 36.8 Å². The van der Waals surface area contributed by atoms with Gasteiger partial charge < -0.3 is 10.4 Å². The van der Waals surface area contributed by atoms with Crippen LogP contribution in [0, 0.1) is 0 Å². The molecule has 1 heterocycles. The number of nitrogens with one attached hydrogen (secondary N) is 1. The van der Waals surface area contributed by atoms with Crippen molar-refractivity contribution in [1.29, 1.82) is 0 Å². The van der Waals surface area contributed by atoms with Gasteiger partial charge in [0.25, 0.3) is 6.20 Å². The first-order chi connectivity index (χ1) is 12.3. The van der Waals surface area contributed by atoms with Crippen molar-refractivity contribution >= 4 is 23.3 Å².